The largest absolute Gasteiger partial charge is 0.462 e. The number of thiophene rings is 1. The average molecular weight is 293 g/mol. The molecule has 0 saturated carbocycles. The zero-order chi connectivity index (χ0) is 14.7. The number of nitrogens with two attached hydrogens (primary N) is 1. The molecule has 1 aromatic carbocycles. The first-order valence-corrected chi connectivity index (χ1v) is 7.24. The maximum atomic E-state index is 13.0. The number of nitrogen functional groups attached to an aromatic ring is 1. The predicted octanol–water partition coefficient (Wildman–Crippen LogP) is 3.88. The van der Waals surface area contributed by atoms with E-state index in [0.29, 0.717) is 23.6 Å². The summed E-state index contributed by atoms with van der Waals surface area (Å²) < 4.78 is 18.0. The van der Waals surface area contributed by atoms with Crippen molar-refractivity contribution in [1.82, 2.24) is 0 Å². The van der Waals surface area contributed by atoms with Crippen molar-refractivity contribution in [3.8, 4) is 10.4 Å². The molecule has 0 bridgehead atoms. The maximum absolute atomic E-state index is 13.0. The summed E-state index contributed by atoms with van der Waals surface area (Å²) in [6.45, 7) is 4.03. The maximum Gasteiger partial charge on any atom is 0.350 e. The number of halogens is 1. The summed E-state index contributed by atoms with van der Waals surface area (Å²) in [4.78, 5) is 13.2. The van der Waals surface area contributed by atoms with Gasteiger partial charge < -0.3 is 10.5 Å². The second-order valence-corrected chi connectivity index (χ2v) is 5.25. The lowest BCUT2D eigenvalue weighted by molar-refractivity contribution is 0.0533. The molecule has 0 aliphatic carbocycles. The minimum Gasteiger partial charge on any atom is -0.462 e. The minimum absolute atomic E-state index is 0.290. The number of rotatable bonds is 4. The van der Waals surface area contributed by atoms with E-state index in [0.717, 1.165) is 16.0 Å². The van der Waals surface area contributed by atoms with E-state index in [9.17, 15) is 9.18 Å². The molecule has 20 heavy (non-hydrogen) atoms. The Kier molecular flexibility index (Phi) is 4.39. The molecule has 0 saturated heterocycles. The van der Waals surface area contributed by atoms with Crippen LogP contribution in [0.15, 0.2) is 24.3 Å². The van der Waals surface area contributed by atoms with Crippen molar-refractivity contribution in [3.63, 3.8) is 0 Å². The van der Waals surface area contributed by atoms with E-state index in [1.165, 1.54) is 23.5 Å². The Morgan fingerprint density at radius 1 is 1.30 bits per heavy atom. The normalized spacial score (nSPS) is 10.6. The van der Waals surface area contributed by atoms with Gasteiger partial charge in [0.25, 0.3) is 0 Å². The van der Waals surface area contributed by atoms with Crippen molar-refractivity contribution < 1.29 is 13.9 Å². The summed E-state index contributed by atoms with van der Waals surface area (Å²) >= 11 is 1.30. The zero-order valence-electron chi connectivity index (χ0n) is 11.4. The summed E-state index contributed by atoms with van der Waals surface area (Å²) in [5.41, 5.74) is 8.28. The van der Waals surface area contributed by atoms with Crippen LogP contribution in [0.4, 0.5) is 10.1 Å². The summed E-state index contributed by atoms with van der Waals surface area (Å²) in [6, 6.07) is 6.17. The van der Waals surface area contributed by atoms with Crippen molar-refractivity contribution in [2.75, 3.05) is 12.3 Å². The van der Waals surface area contributed by atoms with Crippen LogP contribution in [0, 0.1) is 5.82 Å². The zero-order valence-corrected chi connectivity index (χ0v) is 12.2. The van der Waals surface area contributed by atoms with E-state index in [4.69, 9.17) is 10.5 Å². The van der Waals surface area contributed by atoms with Gasteiger partial charge in [0.05, 0.1) is 12.3 Å². The smallest absolute Gasteiger partial charge is 0.350 e. The number of hydrogen-bond acceptors (Lipinski definition) is 4. The predicted molar refractivity (Wildman–Crippen MR) is 79.5 cm³/mol. The monoisotopic (exact) mass is 293 g/mol. The quantitative estimate of drug-likeness (QED) is 0.870. The van der Waals surface area contributed by atoms with Gasteiger partial charge in [0.15, 0.2) is 0 Å². The Labute approximate surface area is 121 Å². The Hall–Kier alpha value is -1.88. The summed E-state index contributed by atoms with van der Waals surface area (Å²) in [5.74, 6) is -0.694. The van der Waals surface area contributed by atoms with E-state index in [1.807, 2.05) is 6.92 Å². The van der Waals surface area contributed by atoms with E-state index in [2.05, 4.69) is 0 Å². The van der Waals surface area contributed by atoms with Crippen LogP contribution >= 0.6 is 11.3 Å². The van der Waals surface area contributed by atoms with Crippen molar-refractivity contribution in [3.05, 3.63) is 40.5 Å². The van der Waals surface area contributed by atoms with Crippen molar-refractivity contribution in [2.45, 2.75) is 20.3 Å². The molecule has 0 aliphatic heterocycles. The highest BCUT2D eigenvalue weighted by Gasteiger charge is 2.21. The third kappa shape index (κ3) is 2.67. The lowest BCUT2D eigenvalue weighted by Crippen LogP contribution is -2.05. The molecule has 0 radical (unpaired) electrons. The first-order chi connectivity index (χ1) is 9.58. The number of hydrogen-bond donors (Lipinski definition) is 1. The van der Waals surface area contributed by atoms with E-state index >= 15 is 0 Å². The Bertz CT molecular complexity index is 620. The third-order valence-electron chi connectivity index (χ3n) is 2.97. The Morgan fingerprint density at radius 2 is 1.95 bits per heavy atom. The van der Waals surface area contributed by atoms with Crippen LogP contribution in [0.5, 0.6) is 0 Å². The highest BCUT2D eigenvalue weighted by molar-refractivity contribution is 7.18. The number of carbonyl (C=O) groups is 1. The molecule has 0 fully saturated rings. The molecule has 0 aliphatic rings. The van der Waals surface area contributed by atoms with Gasteiger partial charge in [-0.2, -0.15) is 0 Å². The average Bonchev–Trinajstić information content (AvgIpc) is 2.77. The molecular formula is C15H16FNO2S. The third-order valence-corrected chi connectivity index (χ3v) is 4.25. The molecule has 0 amide bonds. The van der Waals surface area contributed by atoms with Crippen molar-refractivity contribution in [2.24, 2.45) is 0 Å². The molecule has 106 valence electrons. The molecule has 0 spiro atoms. The molecule has 0 unspecified atom stereocenters. The van der Waals surface area contributed by atoms with Gasteiger partial charge in [0.1, 0.15) is 10.7 Å². The number of carbonyl (C=O) groups excluding carboxylic acids is 1. The second kappa shape index (κ2) is 6.05. The molecule has 5 heteroatoms. The summed E-state index contributed by atoms with van der Waals surface area (Å²) in [7, 11) is 0. The second-order valence-electron chi connectivity index (χ2n) is 4.23. The summed E-state index contributed by atoms with van der Waals surface area (Å²) in [6.07, 6.45) is 0.703. The van der Waals surface area contributed by atoms with Crippen LogP contribution in [0.3, 0.4) is 0 Å². The van der Waals surface area contributed by atoms with Crippen LogP contribution in [0.2, 0.25) is 0 Å². The van der Waals surface area contributed by atoms with Gasteiger partial charge in [-0.25, -0.2) is 9.18 Å². The van der Waals surface area contributed by atoms with Crippen LogP contribution in [0.25, 0.3) is 10.4 Å². The molecule has 1 aromatic heterocycles. The standard InChI is InChI=1S/C15H16FNO2S/c1-3-11-12(17)14(15(18)19-4-2)20-13(11)9-5-7-10(16)8-6-9/h5-8H,3-4,17H2,1-2H3. The van der Waals surface area contributed by atoms with Gasteiger partial charge in [-0.3, -0.25) is 0 Å². The van der Waals surface area contributed by atoms with Gasteiger partial charge >= 0.3 is 5.97 Å². The fraction of sp³-hybridized carbons (Fsp3) is 0.267. The first-order valence-electron chi connectivity index (χ1n) is 6.42. The molecule has 0 atom stereocenters. The topological polar surface area (TPSA) is 52.3 Å². The molecule has 2 rings (SSSR count). The lowest BCUT2D eigenvalue weighted by atomic mass is 10.1. The molecule has 2 aromatic rings. The molecular weight excluding hydrogens is 277 g/mol. The highest BCUT2D eigenvalue weighted by Crippen LogP contribution is 2.39. The number of ether oxygens (including phenoxy) is 1. The van der Waals surface area contributed by atoms with Crippen molar-refractivity contribution >= 4 is 23.0 Å². The SMILES string of the molecule is CCOC(=O)c1sc(-c2ccc(F)cc2)c(CC)c1N. The molecule has 3 nitrogen and oxygen atoms in total. The Balaban J connectivity index is 2.50. The number of esters is 1. The van der Waals surface area contributed by atoms with E-state index < -0.39 is 5.97 Å². The number of anilines is 1. The highest BCUT2D eigenvalue weighted by atomic mass is 32.1. The van der Waals surface area contributed by atoms with Gasteiger partial charge in [-0.1, -0.05) is 19.1 Å². The van der Waals surface area contributed by atoms with Crippen LogP contribution in [-0.4, -0.2) is 12.6 Å². The first kappa shape index (κ1) is 14.5. The minimum atomic E-state index is -0.405. The fourth-order valence-electron chi connectivity index (χ4n) is 2.01. The fourth-order valence-corrected chi connectivity index (χ4v) is 3.22. The van der Waals surface area contributed by atoms with Crippen LogP contribution < -0.4 is 5.73 Å². The lowest BCUT2D eigenvalue weighted by Gasteiger charge is -2.02. The number of benzene rings is 1. The summed E-state index contributed by atoms with van der Waals surface area (Å²) in [5, 5.41) is 0. The Morgan fingerprint density at radius 3 is 2.50 bits per heavy atom. The van der Waals surface area contributed by atoms with E-state index in [1.54, 1.807) is 19.1 Å². The van der Waals surface area contributed by atoms with Gasteiger partial charge in [-0.05, 0) is 36.6 Å². The van der Waals surface area contributed by atoms with Gasteiger partial charge in [-0.15, -0.1) is 11.3 Å². The van der Waals surface area contributed by atoms with Crippen LogP contribution in [0.1, 0.15) is 29.1 Å². The molecule has 1 heterocycles. The van der Waals surface area contributed by atoms with Gasteiger partial charge in [0, 0.05) is 4.88 Å². The van der Waals surface area contributed by atoms with Gasteiger partial charge in [0.2, 0.25) is 0 Å². The van der Waals surface area contributed by atoms with Crippen LogP contribution in [-0.2, 0) is 11.2 Å². The van der Waals surface area contributed by atoms with E-state index in [-0.39, 0.29) is 5.82 Å². The van der Waals surface area contributed by atoms with Crippen molar-refractivity contribution in [1.29, 1.82) is 0 Å². The molecule has 2 N–H and O–H groups in total.